The summed E-state index contributed by atoms with van der Waals surface area (Å²) in [5.74, 6) is 1.80. The van der Waals surface area contributed by atoms with Crippen molar-refractivity contribution in [3.05, 3.63) is 70.8 Å². The third-order valence-corrected chi connectivity index (χ3v) is 6.70. The molecule has 1 aromatic carbocycles. The molecule has 7 heteroatoms. The van der Waals surface area contributed by atoms with Crippen LogP contribution in [-0.4, -0.2) is 24.3 Å². The van der Waals surface area contributed by atoms with Gasteiger partial charge in [0.2, 0.25) is 0 Å². The second kappa shape index (κ2) is 8.32. The van der Waals surface area contributed by atoms with Crippen molar-refractivity contribution in [1.82, 2.24) is 24.3 Å². The molecule has 0 aliphatic rings. The van der Waals surface area contributed by atoms with Crippen LogP contribution in [0, 0.1) is 6.92 Å². The summed E-state index contributed by atoms with van der Waals surface area (Å²) in [7, 11) is 2.06. The van der Waals surface area contributed by atoms with E-state index in [0.29, 0.717) is 0 Å². The first-order valence-corrected chi connectivity index (χ1v) is 11.2. The monoisotopic (exact) mass is 409 g/mol. The molecule has 4 rings (SSSR count). The van der Waals surface area contributed by atoms with Crippen molar-refractivity contribution >= 4 is 23.1 Å². The summed E-state index contributed by atoms with van der Waals surface area (Å²) in [4.78, 5) is 4.83. The zero-order valence-electron chi connectivity index (χ0n) is 16.3. The molecule has 5 nitrogen and oxygen atoms in total. The SMILES string of the molecule is CCn1c(Cc2cccn2C)nnc1SCc1csc(-c2ccccc2C)n1. The standard InChI is InChI=1S/C21H23N5S2/c1-4-26-19(12-17-9-7-11-25(17)3)23-24-21(26)28-14-16-13-27-20(22-16)18-10-6-5-8-15(18)2/h5-11,13H,4,12,14H2,1-3H3. The molecular formula is C21H23N5S2. The maximum atomic E-state index is 4.83. The van der Waals surface area contributed by atoms with E-state index in [1.54, 1.807) is 23.1 Å². The quantitative estimate of drug-likeness (QED) is 0.405. The fourth-order valence-corrected chi connectivity index (χ4v) is 5.09. The molecule has 144 valence electrons. The van der Waals surface area contributed by atoms with Crippen LogP contribution in [0.3, 0.4) is 0 Å². The zero-order chi connectivity index (χ0) is 19.5. The van der Waals surface area contributed by atoms with E-state index in [9.17, 15) is 0 Å². The molecule has 0 bridgehead atoms. The highest BCUT2D eigenvalue weighted by Crippen LogP contribution is 2.29. The van der Waals surface area contributed by atoms with Gasteiger partial charge in [0, 0.05) is 48.6 Å². The van der Waals surface area contributed by atoms with Gasteiger partial charge in [-0.3, -0.25) is 0 Å². The Morgan fingerprint density at radius 1 is 1.11 bits per heavy atom. The maximum Gasteiger partial charge on any atom is 0.191 e. The molecule has 0 aliphatic carbocycles. The van der Waals surface area contributed by atoms with Gasteiger partial charge in [-0.05, 0) is 31.5 Å². The lowest BCUT2D eigenvalue weighted by Gasteiger charge is -2.07. The largest absolute Gasteiger partial charge is 0.354 e. The van der Waals surface area contributed by atoms with Gasteiger partial charge in [-0.25, -0.2) is 4.98 Å². The Balaban J connectivity index is 1.47. The lowest BCUT2D eigenvalue weighted by Crippen LogP contribution is -2.06. The first-order chi connectivity index (χ1) is 13.7. The first kappa shape index (κ1) is 19.0. The topological polar surface area (TPSA) is 48.5 Å². The average molecular weight is 410 g/mol. The number of nitrogens with zero attached hydrogens (tertiary/aromatic N) is 5. The summed E-state index contributed by atoms with van der Waals surface area (Å²) in [5.41, 5.74) is 4.79. The Kier molecular flexibility index (Phi) is 5.64. The molecular weight excluding hydrogens is 386 g/mol. The highest BCUT2D eigenvalue weighted by atomic mass is 32.2. The Morgan fingerprint density at radius 3 is 2.71 bits per heavy atom. The van der Waals surface area contributed by atoms with E-state index < -0.39 is 0 Å². The van der Waals surface area contributed by atoms with Crippen molar-refractivity contribution in [3.63, 3.8) is 0 Å². The molecule has 0 saturated carbocycles. The second-order valence-electron chi connectivity index (χ2n) is 6.68. The summed E-state index contributed by atoms with van der Waals surface area (Å²) in [6.45, 7) is 5.13. The molecule has 3 aromatic heterocycles. The Bertz CT molecular complexity index is 1080. The zero-order valence-corrected chi connectivity index (χ0v) is 17.9. The Morgan fingerprint density at radius 2 is 1.96 bits per heavy atom. The molecule has 4 aromatic rings. The van der Waals surface area contributed by atoms with Crippen molar-refractivity contribution in [1.29, 1.82) is 0 Å². The minimum absolute atomic E-state index is 0.791. The van der Waals surface area contributed by atoms with Crippen LogP contribution in [0.1, 0.15) is 29.7 Å². The molecule has 3 heterocycles. The van der Waals surface area contributed by atoms with Gasteiger partial charge in [0.15, 0.2) is 5.16 Å². The summed E-state index contributed by atoms with van der Waals surface area (Å²) in [6.07, 6.45) is 2.85. The van der Waals surface area contributed by atoms with Crippen molar-refractivity contribution in [2.75, 3.05) is 0 Å². The number of hydrogen-bond donors (Lipinski definition) is 0. The van der Waals surface area contributed by atoms with Crippen LogP contribution in [0.15, 0.2) is 53.1 Å². The van der Waals surface area contributed by atoms with E-state index in [-0.39, 0.29) is 0 Å². The van der Waals surface area contributed by atoms with E-state index in [0.717, 1.165) is 40.4 Å². The highest BCUT2D eigenvalue weighted by Gasteiger charge is 2.14. The molecule has 0 radical (unpaired) electrons. The van der Waals surface area contributed by atoms with Crippen molar-refractivity contribution in [3.8, 4) is 10.6 Å². The minimum Gasteiger partial charge on any atom is -0.354 e. The van der Waals surface area contributed by atoms with Gasteiger partial charge >= 0.3 is 0 Å². The third-order valence-electron chi connectivity index (χ3n) is 4.78. The lowest BCUT2D eigenvalue weighted by atomic mass is 10.1. The molecule has 0 N–H and O–H groups in total. The van der Waals surface area contributed by atoms with Crippen molar-refractivity contribution in [2.45, 2.75) is 37.7 Å². The van der Waals surface area contributed by atoms with Gasteiger partial charge in [-0.15, -0.1) is 21.5 Å². The summed E-state index contributed by atoms with van der Waals surface area (Å²) < 4.78 is 4.33. The van der Waals surface area contributed by atoms with E-state index in [2.05, 4.69) is 88.2 Å². The van der Waals surface area contributed by atoms with Crippen LogP contribution >= 0.6 is 23.1 Å². The second-order valence-corrected chi connectivity index (χ2v) is 8.48. The van der Waals surface area contributed by atoms with Gasteiger partial charge in [-0.1, -0.05) is 36.0 Å². The van der Waals surface area contributed by atoms with Gasteiger partial charge in [0.05, 0.1) is 5.69 Å². The molecule has 0 unspecified atom stereocenters. The van der Waals surface area contributed by atoms with Gasteiger partial charge in [0.1, 0.15) is 10.8 Å². The van der Waals surface area contributed by atoms with E-state index >= 15 is 0 Å². The third kappa shape index (κ3) is 3.91. The number of benzene rings is 1. The van der Waals surface area contributed by atoms with E-state index in [4.69, 9.17) is 4.98 Å². The smallest absolute Gasteiger partial charge is 0.191 e. The molecule has 0 aliphatic heterocycles. The number of aryl methyl sites for hydroxylation is 2. The average Bonchev–Trinajstić information content (AvgIpc) is 3.41. The van der Waals surface area contributed by atoms with Crippen LogP contribution < -0.4 is 0 Å². The molecule has 0 fully saturated rings. The molecule has 0 atom stereocenters. The van der Waals surface area contributed by atoms with Gasteiger partial charge < -0.3 is 9.13 Å². The maximum absolute atomic E-state index is 4.83. The highest BCUT2D eigenvalue weighted by molar-refractivity contribution is 7.98. The van der Waals surface area contributed by atoms with Crippen LogP contribution in [-0.2, 0) is 25.8 Å². The molecule has 28 heavy (non-hydrogen) atoms. The minimum atomic E-state index is 0.791. The predicted octanol–water partition coefficient (Wildman–Crippen LogP) is 4.95. The van der Waals surface area contributed by atoms with E-state index in [1.165, 1.54) is 16.8 Å². The van der Waals surface area contributed by atoms with Gasteiger partial charge in [0.25, 0.3) is 0 Å². The molecule has 0 saturated heterocycles. The molecule has 0 amide bonds. The van der Waals surface area contributed by atoms with Crippen molar-refractivity contribution in [2.24, 2.45) is 7.05 Å². The fourth-order valence-electron chi connectivity index (χ4n) is 3.16. The predicted molar refractivity (Wildman–Crippen MR) is 116 cm³/mol. The summed E-state index contributed by atoms with van der Waals surface area (Å²) in [5, 5.41) is 13.1. The fraction of sp³-hybridized carbons (Fsp3) is 0.286. The van der Waals surface area contributed by atoms with Crippen LogP contribution in [0.5, 0.6) is 0 Å². The van der Waals surface area contributed by atoms with Crippen LogP contribution in [0.2, 0.25) is 0 Å². The van der Waals surface area contributed by atoms with Crippen molar-refractivity contribution < 1.29 is 0 Å². The number of thiazole rings is 1. The lowest BCUT2D eigenvalue weighted by molar-refractivity contribution is 0.645. The van der Waals surface area contributed by atoms with E-state index in [1.807, 2.05) is 0 Å². The number of aromatic nitrogens is 5. The van der Waals surface area contributed by atoms with Crippen LogP contribution in [0.25, 0.3) is 10.6 Å². The van der Waals surface area contributed by atoms with Crippen LogP contribution in [0.4, 0.5) is 0 Å². The Hall–Kier alpha value is -2.38. The van der Waals surface area contributed by atoms with Gasteiger partial charge in [-0.2, -0.15) is 0 Å². The first-order valence-electron chi connectivity index (χ1n) is 9.31. The summed E-state index contributed by atoms with van der Waals surface area (Å²) in [6, 6.07) is 12.6. The number of hydrogen-bond acceptors (Lipinski definition) is 5. The number of thioether (sulfide) groups is 1. The Labute approximate surface area is 173 Å². The normalized spacial score (nSPS) is 11.2. The summed E-state index contributed by atoms with van der Waals surface area (Å²) >= 11 is 3.40. The number of rotatable bonds is 7. The molecule has 0 spiro atoms.